The van der Waals surface area contributed by atoms with E-state index in [9.17, 15) is 0 Å². The summed E-state index contributed by atoms with van der Waals surface area (Å²) in [7, 11) is 0. The highest BCUT2D eigenvalue weighted by atomic mass is 127. The molecular weight excluding hydrogens is 237 g/mol. The van der Waals surface area contributed by atoms with Gasteiger partial charge in [0.05, 0.1) is 0 Å². The average molecular weight is 257 g/mol. The zero-order valence-corrected chi connectivity index (χ0v) is 9.19. The molecule has 10 heavy (non-hydrogen) atoms. The molecule has 0 bridgehead atoms. The number of hydrogen-bond donors (Lipinski definition) is 1. The van der Waals surface area contributed by atoms with Crippen molar-refractivity contribution in [2.45, 2.75) is 45.4 Å². The van der Waals surface area contributed by atoms with Crippen LogP contribution < -0.4 is 6.15 Å². The molecule has 0 rings (SSSR count). The number of halogens is 1. The molecule has 0 aliphatic rings. The van der Waals surface area contributed by atoms with Crippen molar-refractivity contribution >= 4 is 22.6 Å². The summed E-state index contributed by atoms with van der Waals surface area (Å²) in [5, 5.41) is 0. The molecule has 0 fully saturated rings. The molecule has 0 saturated heterocycles. The second-order valence-corrected chi connectivity index (χ2v) is 3.54. The van der Waals surface area contributed by atoms with Gasteiger partial charge >= 0.3 is 0 Å². The van der Waals surface area contributed by atoms with Crippen LogP contribution in [-0.2, 0) is 0 Å². The highest BCUT2D eigenvalue weighted by molar-refractivity contribution is 14.1. The summed E-state index contributed by atoms with van der Waals surface area (Å²) in [6.07, 6.45) is 8.57. The van der Waals surface area contributed by atoms with E-state index in [-0.39, 0.29) is 6.15 Å². The number of alkyl halides is 1. The monoisotopic (exact) mass is 257 g/mol. The van der Waals surface area contributed by atoms with Crippen molar-refractivity contribution in [1.29, 1.82) is 0 Å². The molecule has 64 valence electrons. The lowest BCUT2D eigenvalue weighted by molar-refractivity contribution is 0.629. The summed E-state index contributed by atoms with van der Waals surface area (Å²) >= 11 is 2.45. The first kappa shape index (κ1) is 13.3. The molecule has 1 nitrogen and oxygen atoms in total. The minimum Gasteiger partial charge on any atom is -0.344 e. The minimum atomic E-state index is 0. The Hall–Kier alpha value is 0.690. The maximum atomic E-state index is 2.45. The van der Waals surface area contributed by atoms with Crippen LogP contribution in [0.5, 0.6) is 0 Å². The van der Waals surface area contributed by atoms with Gasteiger partial charge in [0.15, 0.2) is 0 Å². The maximum Gasteiger partial charge on any atom is -0.000473 e. The fraction of sp³-hybridized carbons (Fsp3) is 1.00. The third-order valence-electron chi connectivity index (χ3n) is 1.49. The van der Waals surface area contributed by atoms with E-state index in [0.29, 0.717) is 0 Å². The van der Waals surface area contributed by atoms with Crippen LogP contribution in [0.25, 0.3) is 0 Å². The third-order valence-corrected chi connectivity index (χ3v) is 2.25. The Morgan fingerprint density at radius 2 is 1.40 bits per heavy atom. The lowest BCUT2D eigenvalue weighted by atomic mass is 10.1. The molecule has 0 spiro atoms. The largest absolute Gasteiger partial charge is 0.344 e. The fourth-order valence-electron chi connectivity index (χ4n) is 0.875. The Morgan fingerprint density at radius 3 is 1.90 bits per heavy atom. The molecule has 0 unspecified atom stereocenters. The molecule has 3 N–H and O–H groups in total. The number of hydrogen-bond acceptors (Lipinski definition) is 1. The second-order valence-electron chi connectivity index (χ2n) is 2.46. The van der Waals surface area contributed by atoms with Gasteiger partial charge in [-0.15, -0.1) is 0 Å². The SMILES string of the molecule is CCCCCCCCI.N. The molecule has 2 heteroatoms. The second kappa shape index (κ2) is 12.4. The van der Waals surface area contributed by atoms with E-state index in [1.165, 1.54) is 43.0 Å². The van der Waals surface area contributed by atoms with E-state index in [4.69, 9.17) is 0 Å². The molecule has 0 aliphatic heterocycles. The molecule has 0 aliphatic carbocycles. The average Bonchev–Trinajstić information content (AvgIpc) is 1.89. The van der Waals surface area contributed by atoms with Crippen LogP contribution in [0.4, 0.5) is 0 Å². The lowest BCUT2D eigenvalue weighted by Gasteiger charge is -1.95. The summed E-state index contributed by atoms with van der Waals surface area (Å²) < 4.78 is 1.34. The van der Waals surface area contributed by atoms with Gasteiger partial charge in [0.2, 0.25) is 0 Å². The van der Waals surface area contributed by atoms with Crippen LogP contribution >= 0.6 is 22.6 Å². The van der Waals surface area contributed by atoms with Gasteiger partial charge in [-0.25, -0.2) is 0 Å². The highest BCUT2D eigenvalue weighted by Crippen LogP contribution is 2.05. The minimum absolute atomic E-state index is 0. The van der Waals surface area contributed by atoms with Crippen molar-refractivity contribution < 1.29 is 0 Å². The molecule has 0 aromatic carbocycles. The van der Waals surface area contributed by atoms with Gasteiger partial charge in [-0.05, 0) is 10.8 Å². The first-order valence-corrected chi connectivity index (χ1v) is 5.50. The van der Waals surface area contributed by atoms with Crippen molar-refractivity contribution in [1.82, 2.24) is 6.15 Å². The van der Waals surface area contributed by atoms with E-state index >= 15 is 0 Å². The van der Waals surface area contributed by atoms with Crippen molar-refractivity contribution in [3.05, 3.63) is 0 Å². The van der Waals surface area contributed by atoms with Crippen LogP contribution in [-0.4, -0.2) is 4.43 Å². The first-order valence-electron chi connectivity index (χ1n) is 3.97. The lowest BCUT2D eigenvalue weighted by Crippen LogP contribution is -1.77. The Bertz CT molecular complexity index is 42.5. The Kier molecular flexibility index (Phi) is 16.4. The zero-order chi connectivity index (χ0) is 6.95. The smallest absolute Gasteiger partial charge is 0.000473 e. The van der Waals surface area contributed by atoms with Gasteiger partial charge in [0.25, 0.3) is 0 Å². The molecule has 0 atom stereocenters. The Balaban J connectivity index is 0. The van der Waals surface area contributed by atoms with E-state index in [1.807, 2.05) is 0 Å². The van der Waals surface area contributed by atoms with E-state index in [0.717, 1.165) is 0 Å². The Morgan fingerprint density at radius 1 is 0.900 bits per heavy atom. The van der Waals surface area contributed by atoms with E-state index < -0.39 is 0 Å². The molecule has 0 saturated carbocycles. The quantitative estimate of drug-likeness (QED) is 0.436. The predicted molar refractivity (Wildman–Crippen MR) is 57.3 cm³/mol. The van der Waals surface area contributed by atoms with Crippen molar-refractivity contribution in [3.63, 3.8) is 0 Å². The maximum absolute atomic E-state index is 2.45. The molecule has 0 amide bonds. The third kappa shape index (κ3) is 11.5. The number of unbranched alkanes of at least 4 members (excludes halogenated alkanes) is 5. The summed E-state index contributed by atoms with van der Waals surface area (Å²) in [5.74, 6) is 0. The summed E-state index contributed by atoms with van der Waals surface area (Å²) in [5.41, 5.74) is 0. The molecule has 0 heterocycles. The van der Waals surface area contributed by atoms with Crippen LogP contribution in [0, 0.1) is 0 Å². The Labute approximate surface area is 78.7 Å². The van der Waals surface area contributed by atoms with Gasteiger partial charge in [-0.3, -0.25) is 0 Å². The van der Waals surface area contributed by atoms with Crippen LogP contribution in [0.3, 0.4) is 0 Å². The van der Waals surface area contributed by atoms with Gasteiger partial charge < -0.3 is 6.15 Å². The van der Waals surface area contributed by atoms with Crippen LogP contribution in [0.1, 0.15) is 45.4 Å². The van der Waals surface area contributed by atoms with Crippen molar-refractivity contribution in [2.75, 3.05) is 4.43 Å². The van der Waals surface area contributed by atoms with E-state index in [1.54, 1.807) is 0 Å². The van der Waals surface area contributed by atoms with Gasteiger partial charge in [0, 0.05) is 0 Å². The van der Waals surface area contributed by atoms with Gasteiger partial charge in [-0.2, -0.15) is 0 Å². The fourth-order valence-corrected chi connectivity index (χ4v) is 1.41. The number of rotatable bonds is 6. The zero-order valence-electron chi connectivity index (χ0n) is 7.03. The topological polar surface area (TPSA) is 35.0 Å². The van der Waals surface area contributed by atoms with Gasteiger partial charge in [0.1, 0.15) is 0 Å². The summed E-state index contributed by atoms with van der Waals surface area (Å²) in [6, 6.07) is 0. The summed E-state index contributed by atoms with van der Waals surface area (Å²) in [6.45, 7) is 2.26. The molecule has 0 radical (unpaired) electrons. The first-order chi connectivity index (χ1) is 4.41. The predicted octanol–water partition coefficient (Wildman–Crippen LogP) is 3.94. The summed E-state index contributed by atoms with van der Waals surface area (Å²) in [4.78, 5) is 0. The van der Waals surface area contributed by atoms with Gasteiger partial charge in [-0.1, -0.05) is 61.6 Å². The molecular formula is C8H20IN. The normalized spacial score (nSPS) is 9.00. The van der Waals surface area contributed by atoms with Crippen molar-refractivity contribution in [3.8, 4) is 0 Å². The highest BCUT2D eigenvalue weighted by Gasteiger charge is 1.86. The van der Waals surface area contributed by atoms with Crippen LogP contribution in [0.2, 0.25) is 0 Å². The molecule has 0 aromatic rings. The standard InChI is InChI=1S/C8H17I.H3N/c1-2-3-4-5-6-7-8-9;/h2-8H2,1H3;1H3. The van der Waals surface area contributed by atoms with Crippen molar-refractivity contribution in [2.24, 2.45) is 0 Å². The van der Waals surface area contributed by atoms with Crippen LogP contribution in [0.15, 0.2) is 0 Å². The molecule has 0 aromatic heterocycles. The van der Waals surface area contributed by atoms with E-state index in [2.05, 4.69) is 29.5 Å².